The molecule has 60 valence electrons. The summed E-state index contributed by atoms with van der Waals surface area (Å²) < 4.78 is 6.00. The first-order valence-electron chi connectivity index (χ1n) is 3.24. The van der Waals surface area contributed by atoms with Crippen molar-refractivity contribution in [3.8, 4) is 5.75 Å². The predicted molar refractivity (Wildman–Crippen MR) is 49.8 cm³/mol. The molecule has 0 atom stereocenters. The molecule has 2 nitrogen and oxygen atoms in total. The van der Waals surface area contributed by atoms with Gasteiger partial charge in [0, 0.05) is 16.2 Å². The average Bonchev–Trinajstić information content (AvgIpc) is 1.99. The number of anilines is 1. The molecule has 0 spiro atoms. The minimum Gasteiger partial charge on any atom is -0.497 e. The maximum absolute atomic E-state index is 5.69. The van der Waals surface area contributed by atoms with Crippen molar-refractivity contribution in [1.82, 2.24) is 0 Å². The monoisotopic (exact) mass is 215 g/mol. The molecule has 0 heterocycles. The molecule has 0 saturated heterocycles. The normalized spacial score (nSPS) is 9.73. The van der Waals surface area contributed by atoms with Crippen molar-refractivity contribution in [2.24, 2.45) is 0 Å². The molecule has 0 radical (unpaired) electrons. The van der Waals surface area contributed by atoms with Crippen molar-refractivity contribution in [1.29, 1.82) is 0 Å². The van der Waals surface area contributed by atoms with E-state index in [1.807, 2.05) is 13.0 Å². The van der Waals surface area contributed by atoms with Crippen LogP contribution in [-0.4, -0.2) is 7.11 Å². The Morgan fingerprint density at radius 1 is 1.45 bits per heavy atom. The molecule has 3 heteroatoms. The van der Waals surface area contributed by atoms with Gasteiger partial charge in [-0.3, -0.25) is 0 Å². The second kappa shape index (κ2) is 3.13. The summed E-state index contributed by atoms with van der Waals surface area (Å²) in [5, 5.41) is 0. The molecule has 1 aromatic carbocycles. The first kappa shape index (κ1) is 8.40. The van der Waals surface area contributed by atoms with E-state index in [1.165, 1.54) is 0 Å². The molecule has 0 saturated carbocycles. The molecule has 1 aromatic rings. The van der Waals surface area contributed by atoms with Crippen molar-refractivity contribution < 1.29 is 4.74 Å². The lowest BCUT2D eigenvalue weighted by molar-refractivity contribution is 0.414. The minimum atomic E-state index is 0.747. The van der Waals surface area contributed by atoms with Crippen molar-refractivity contribution in [3.05, 3.63) is 22.2 Å². The third-order valence-electron chi connectivity index (χ3n) is 1.59. The molecular weight excluding hydrogens is 206 g/mol. The summed E-state index contributed by atoms with van der Waals surface area (Å²) in [4.78, 5) is 0. The molecule has 0 aliphatic heterocycles. The Morgan fingerprint density at radius 2 is 2.09 bits per heavy atom. The number of hydrogen-bond donors (Lipinski definition) is 1. The maximum atomic E-state index is 5.69. The van der Waals surface area contributed by atoms with Gasteiger partial charge in [-0.25, -0.2) is 0 Å². The highest BCUT2D eigenvalue weighted by molar-refractivity contribution is 9.10. The van der Waals surface area contributed by atoms with Crippen molar-refractivity contribution in [2.75, 3.05) is 12.8 Å². The van der Waals surface area contributed by atoms with Crippen LogP contribution in [0.4, 0.5) is 5.69 Å². The van der Waals surface area contributed by atoms with Crippen LogP contribution in [0.5, 0.6) is 5.75 Å². The van der Waals surface area contributed by atoms with Crippen LogP contribution in [0.1, 0.15) is 5.56 Å². The van der Waals surface area contributed by atoms with E-state index in [0.717, 1.165) is 21.5 Å². The Balaban J connectivity index is 3.21. The fraction of sp³-hybridized carbons (Fsp3) is 0.250. The van der Waals surface area contributed by atoms with E-state index in [1.54, 1.807) is 13.2 Å². The summed E-state index contributed by atoms with van der Waals surface area (Å²) in [6.45, 7) is 1.96. The van der Waals surface area contributed by atoms with E-state index in [9.17, 15) is 0 Å². The van der Waals surface area contributed by atoms with Gasteiger partial charge in [-0.15, -0.1) is 0 Å². The Kier molecular flexibility index (Phi) is 2.39. The first-order valence-corrected chi connectivity index (χ1v) is 4.04. The number of rotatable bonds is 1. The van der Waals surface area contributed by atoms with Crippen molar-refractivity contribution in [3.63, 3.8) is 0 Å². The standard InChI is InChI=1S/C8H10BrNO/c1-5-7(9)3-6(11-2)4-8(5)10/h3-4H,10H2,1-2H3. The lowest BCUT2D eigenvalue weighted by atomic mass is 10.2. The molecule has 1 rings (SSSR count). The number of nitrogen functional groups attached to an aromatic ring is 1. The number of methoxy groups -OCH3 is 1. The van der Waals surface area contributed by atoms with Crippen LogP contribution in [0, 0.1) is 6.92 Å². The predicted octanol–water partition coefficient (Wildman–Crippen LogP) is 2.35. The zero-order valence-corrected chi connectivity index (χ0v) is 8.10. The van der Waals surface area contributed by atoms with Crippen LogP contribution in [0.15, 0.2) is 16.6 Å². The number of benzene rings is 1. The van der Waals surface area contributed by atoms with Crippen molar-refractivity contribution in [2.45, 2.75) is 6.92 Å². The molecule has 0 amide bonds. The Bertz CT molecular complexity index is 250. The van der Waals surface area contributed by atoms with E-state index in [0.29, 0.717) is 0 Å². The Morgan fingerprint density at radius 3 is 2.55 bits per heavy atom. The largest absolute Gasteiger partial charge is 0.497 e. The molecule has 11 heavy (non-hydrogen) atoms. The van der Waals surface area contributed by atoms with Gasteiger partial charge in [0.15, 0.2) is 0 Å². The second-order valence-electron chi connectivity index (χ2n) is 2.32. The highest BCUT2D eigenvalue weighted by atomic mass is 79.9. The van der Waals surface area contributed by atoms with Gasteiger partial charge in [-0.2, -0.15) is 0 Å². The third-order valence-corrected chi connectivity index (χ3v) is 2.42. The Labute approximate surface area is 74.5 Å². The van der Waals surface area contributed by atoms with E-state index < -0.39 is 0 Å². The zero-order chi connectivity index (χ0) is 8.43. The smallest absolute Gasteiger partial charge is 0.122 e. The lowest BCUT2D eigenvalue weighted by Crippen LogP contribution is -1.92. The molecule has 0 aliphatic carbocycles. The van der Waals surface area contributed by atoms with Crippen LogP contribution < -0.4 is 10.5 Å². The summed E-state index contributed by atoms with van der Waals surface area (Å²) in [6.07, 6.45) is 0. The molecular formula is C8H10BrNO. The van der Waals surface area contributed by atoms with Crippen LogP contribution in [0.2, 0.25) is 0 Å². The number of hydrogen-bond acceptors (Lipinski definition) is 2. The van der Waals surface area contributed by atoms with Gasteiger partial charge in [-0.05, 0) is 18.6 Å². The van der Waals surface area contributed by atoms with Crippen LogP contribution in [0.25, 0.3) is 0 Å². The average molecular weight is 216 g/mol. The van der Waals surface area contributed by atoms with E-state index >= 15 is 0 Å². The van der Waals surface area contributed by atoms with E-state index in [2.05, 4.69) is 15.9 Å². The molecule has 2 N–H and O–H groups in total. The van der Waals surface area contributed by atoms with Crippen LogP contribution in [-0.2, 0) is 0 Å². The lowest BCUT2D eigenvalue weighted by Gasteiger charge is -2.05. The van der Waals surface area contributed by atoms with Gasteiger partial charge in [0.1, 0.15) is 5.75 Å². The number of nitrogens with two attached hydrogens (primary N) is 1. The van der Waals surface area contributed by atoms with Gasteiger partial charge in [0.05, 0.1) is 7.11 Å². The van der Waals surface area contributed by atoms with E-state index in [4.69, 9.17) is 10.5 Å². The summed E-state index contributed by atoms with van der Waals surface area (Å²) in [5.74, 6) is 0.778. The summed E-state index contributed by atoms with van der Waals surface area (Å²) in [6, 6.07) is 3.70. The summed E-state index contributed by atoms with van der Waals surface area (Å²) >= 11 is 3.38. The van der Waals surface area contributed by atoms with Gasteiger partial charge in [0.2, 0.25) is 0 Å². The second-order valence-corrected chi connectivity index (χ2v) is 3.18. The van der Waals surface area contributed by atoms with Crippen molar-refractivity contribution >= 4 is 21.6 Å². The van der Waals surface area contributed by atoms with Gasteiger partial charge in [-0.1, -0.05) is 15.9 Å². The van der Waals surface area contributed by atoms with Crippen LogP contribution in [0.3, 0.4) is 0 Å². The summed E-state index contributed by atoms with van der Waals surface area (Å²) in [7, 11) is 1.62. The topological polar surface area (TPSA) is 35.2 Å². The number of halogens is 1. The van der Waals surface area contributed by atoms with Gasteiger partial charge >= 0.3 is 0 Å². The summed E-state index contributed by atoms with van der Waals surface area (Å²) in [5.41, 5.74) is 7.48. The fourth-order valence-corrected chi connectivity index (χ4v) is 1.25. The molecule has 0 fully saturated rings. The fourth-order valence-electron chi connectivity index (χ4n) is 0.792. The molecule has 0 aliphatic rings. The highest BCUT2D eigenvalue weighted by Crippen LogP contribution is 2.27. The Hall–Kier alpha value is -0.700. The van der Waals surface area contributed by atoms with E-state index in [-0.39, 0.29) is 0 Å². The number of ether oxygens (including phenoxy) is 1. The minimum absolute atomic E-state index is 0.747. The van der Waals surface area contributed by atoms with Crippen LogP contribution >= 0.6 is 15.9 Å². The first-order chi connectivity index (χ1) is 5.15. The zero-order valence-electron chi connectivity index (χ0n) is 6.52. The quantitative estimate of drug-likeness (QED) is 0.731. The van der Waals surface area contributed by atoms with Gasteiger partial charge in [0.25, 0.3) is 0 Å². The molecule has 0 unspecified atom stereocenters. The van der Waals surface area contributed by atoms with Gasteiger partial charge < -0.3 is 10.5 Å². The SMILES string of the molecule is COc1cc(N)c(C)c(Br)c1. The highest BCUT2D eigenvalue weighted by Gasteiger charge is 2.01. The maximum Gasteiger partial charge on any atom is 0.122 e. The molecule has 0 aromatic heterocycles. The third kappa shape index (κ3) is 1.66. The molecule has 0 bridgehead atoms.